The van der Waals surface area contributed by atoms with Gasteiger partial charge in [0.2, 0.25) is 5.95 Å². The molecule has 1 aromatic carbocycles. The molecule has 2 rings (SSSR count). The van der Waals surface area contributed by atoms with Gasteiger partial charge in [0.15, 0.2) is 0 Å². The van der Waals surface area contributed by atoms with Crippen LogP contribution in [0.5, 0.6) is 5.75 Å². The lowest BCUT2D eigenvalue weighted by Gasteiger charge is -2.14. The number of imidazole rings is 1. The van der Waals surface area contributed by atoms with E-state index in [9.17, 15) is 0 Å². The summed E-state index contributed by atoms with van der Waals surface area (Å²) >= 11 is 6.98. The molecule has 0 saturated carbocycles. The van der Waals surface area contributed by atoms with E-state index in [0.29, 0.717) is 5.95 Å². The molecule has 0 atom stereocenters. The molecule has 1 heterocycles. The van der Waals surface area contributed by atoms with Crippen LogP contribution >= 0.6 is 31.9 Å². The molecule has 0 amide bonds. The van der Waals surface area contributed by atoms with Gasteiger partial charge in [-0.05, 0) is 48.8 Å². The molecule has 112 valence electrons. The molecule has 1 aromatic heterocycles. The van der Waals surface area contributed by atoms with Crippen molar-refractivity contribution in [3.05, 3.63) is 38.5 Å². The van der Waals surface area contributed by atoms with E-state index in [1.807, 2.05) is 32.9 Å². The van der Waals surface area contributed by atoms with Crippen LogP contribution in [0.4, 0.5) is 5.95 Å². The molecule has 7 heteroatoms. The number of hydrogen-bond acceptors (Lipinski definition) is 4. The van der Waals surface area contributed by atoms with E-state index in [-0.39, 0.29) is 6.10 Å². The van der Waals surface area contributed by atoms with Gasteiger partial charge in [-0.25, -0.2) is 9.66 Å². The number of ether oxygens (including phenoxy) is 1. The fourth-order valence-corrected chi connectivity index (χ4v) is 3.11. The van der Waals surface area contributed by atoms with Gasteiger partial charge >= 0.3 is 0 Å². The Bertz CT molecular complexity index is 680. The Morgan fingerprint density at radius 1 is 1.38 bits per heavy atom. The third-order valence-corrected chi connectivity index (χ3v) is 3.59. The summed E-state index contributed by atoms with van der Waals surface area (Å²) in [5.41, 5.74) is 7.43. The highest BCUT2D eigenvalue weighted by atomic mass is 79.9. The standard InChI is InChI=1S/C14H16Br2N4O/c1-8(2)21-13-10(4-11(15)5-12(13)16)6-18-20-7-9(3)19-14(20)17/h4-8H,1-3H3,(H2,17,19). The number of aromatic nitrogens is 2. The summed E-state index contributed by atoms with van der Waals surface area (Å²) in [6.07, 6.45) is 3.53. The first-order valence-electron chi connectivity index (χ1n) is 6.38. The molecule has 0 aliphatic rings. The minimum absolute atomic E-state index is 0.0650. The van der Waals surface area contributed by atoms with Gasteiger partial charge in [-0.15, -0.1) is 0 Å². The van der Waals surface area contributed by atoms with Crippen molar-refractivity contribution in [3.63, 3.8) is 0 Å². The van der Waals surface area contributed by atoms with Crippen LogP contribution in [0.1, 0.15) is 25.1 Å². The van der Waals surface area contributed by atoms with Crippen LogP contribution in [0.3, 0.4) is 0 Å². The first-order chi connectivity index (χ1) is 9.86. The van der Waals surface area contributed by atoms with E-state index >= 15 is 0 Å². The molecule has 2 N–H and O–H groups in total. The van der Waals surface area contributed by atoms with Crippen LogP contribution in [-0.4, -0.2) is 22.0 Å². The summed E-state index contributed by atoms with van der Waals surface area (Å²) in [4.78, 5) is 4.11. The van der Waals surface area contributed by atoms with Crippen LogP contribution in [0.25, 0.3) is 0 Å². The molecular formula is C14H16Br2N4O. The number of nitrogens with zero attached hydrogens (tertiary/aromatic N) is 3. The Morgan fingerprint density at radius 3 is 2.67 bits per heavy atom. The largest absolute Gasteiger partial charge is 0.489 e. The van der Waals surface area contributed by atoms with Crippen molar-refractivity contribution < 1.29 is 4.74 Å². The van der Waals surface area contributed by atoms with E-state index < -0.39 is 0 Å². The van der Waals surface area contributed by atoms with Crippen molar-refractivity contribution in [2.45, 2.75) is 26.9 Å². The molecule has 0 radical (unpaired) electrons. The summed E-state index contributed by atoms with van der Waals surface area (Å²) in [6, 6.07) is 3.87. The number of benzene rings is 1. The van der Waals surface area contributed by atoms with Gasteiger partial charge in [0.05, 0.1) is 28.7 Å². The summed E-state index contributed by atoms with van der Waals surface area (Å²) in [6.45, 7) is 5.82. The van der Waals surface area contributed by atoms with E-state index in [4.69, 9.17) is 10.5 Å². The Kier molecular flexibility index (Phi) is 5.05. The molecule has 0 aliphatic heterocycles. The van der Waals surface area contributed by atoms with Gasteiger partial charge in [-0.3, -0.25) is 0 Å². The molecule has 5 nitrogen and oxygen atoms in total. The molecule has 0 unspecified atom stereocenters. The number of nitrogen functional groups attached to an aromatic ring is 1. The number of halogens is 2. The quantitative estimate of drug-likeness (QED) is 0.768. The molecule has 0 bridgehead atoms. The maximum absolute atomic E-state index is 5.84. The minimum atomic E-state index is 0.0650. The number of anilines is 1. The van der Waals surface area contributed by atoms with Crippen molar-refractivity contribution >= 4 is 44.0 Å². The Morgan fingerprint density at radius 2 is 2.10 bits per heavy atom. The average molecular weight is 416 g/mol. The zero-order valence-corrected chi connectivity index (χ0v) is 15.1. The van der Waals surface area contributed by atoms with E-state index in [1.165, 1.54) is 4.68 Å². The molecule has 0 spiro atoms. The monoisotopic (exact) mass is 414 g/mol. The van der Waals surface area contributed by atoms with Crippen LogP contribution in [0.2, 0.25) is 0 Å². The van der Waals surface area contributed by atoms with Crippen molar-refractivity contribution in [3.8, 4) is 5.75 Å². The summed E-state index contributed by atoms with van der Waals surface area (Å²) < 4.78 is 9.17. The summed E-state index contributed by atoms with van der Waals surface area (Å²) in [5, 5.41) is 4.33. The minimum Gasteiger partial charge on any atom is -0.489 e. The normalized spacial score (nSPS) is 11.5. The predicted molar refractivity (Wildman–Crippen MR) is 92.0 cm³/mol. The van der Waals surface area contributed by atoms with E-state index in [0.717, 1.165) is 26.0 Å². The maximum atomic E-state index is 5.84. The van der Waals surface area contributed by atoms with E-state index in [1.54, 1.807) is 12.4 Å². The van der Waals surface area contributed by atoms with Gasteiger partial charge in [-0.2, -0.15) is 5.10 Å². The van der Waals surface area contributed by atoms with Gasteiger partial charge in [0.1, 0.15) is 5.75 Å². The zero-order chi connectivity index (χ0) is 15.6. The molecular weight excluding hydrogens is 400 g/mol. The first kappa shape index (κ1) is 16.0. The van der Waals surface area contributed by atoms with Crippen molar-refractivity contribution in [2.24, 2.45) is 5.10 Å². The maximum Gasteiger partial charge on any atom is 0.221 e. The average Bonchev–Trinajstić information content (AvgIpc) is 2.68. The lowest BCUT2D eigenvalue weighted by molar-refractivity contribution is 0.240. The zero-order valence-electron chi connectivity index (χ0n) is 12.0. The second kappa shape index (κ2) is 6.62. The molecule has 2 aromatic rings. The third-order valence-electron chi connectivity index (χ3n) is 2.55. The highest BCUT2D eigenvalue weighted by molar-refractivity contribution is 9.11. The molecule has 0 fully saturated rings. The smallest absolute Gasteiger partial charge is 0.221 e. The fourth-order valence-electron chi connectivity index (χ4n) is 1.76. The summed E-state index contributed by atoms with van der Waals surface area (Å²) in [5.74, 6) is 1.09. The lowest BCUT2D eigenvalue weighted by atomic mass is 10.2. The van der Waals surface area contributed by atoms with Gasteiger partial charge < -0.3 is 10.5 Å². The number of nitrogens with two attached hydrogens (primary N) is 1. The van der Waals surface area contributed by atoms with Crippen molar-refractivity contribution in [2.75, 3.05) is 5.73 Å². The highest BCUT2D eigenvalue weighted by Crippen LogP contribution is 2.32. The third kappa shape index (κ3) is 4.07. The Balaban J connectivity index is 2.40. The van der Waals surface area contributed by atoms with Crippen LogP contribution in [0.15, 0.2) is 32.4 Å². The van der Waals surface area contributed by atoms with Crippen molar-refractivity contribution in [1.82, 2.24) is 9.66 Å². The SMILES string of the molecule is Cc1cn(N=Cc2cc(Br)cc(Br)c2OC(C)C)c(N)n1. The molecule has 0 aliphatic carbocycles. The lowest BCUT2D eigenvalue weighted by Crippen LogP contribution is -2.08. The van der Waals surface area contributed by atoms with Gasteiger partial charge in [0, 0.05) is 10.0 Å². The topological polar surface area (TPSA) is 65.4 Å². The second-order valence-electron chi connectivity index (χ2n) is 4.80. The van der Waals surface area contributed by atoms with Crippen LogP contribution in [0, 0.1) is 6.92 Å². The Labute approximate surface area is 140 Å². The first-order valence-corrected chi connectivity index (χ1v) is 7.97. The van der Waals surface area contributed by atoms with Gasteiger partial charge in [-0.1, -0.05) is 15.9 Å². The van der Waals surface area contributed by atoms with E-state index in [2.05, 4.69) is 41.9 Å². The Hall–Kier alpha value is -1.34. The van der Waals surface area contributed by atoms with Crippen LogP contribution in [-0.2, 0) is 0 Å². The number of aryl methyl sites for hydroxylation is 1. The van der Waals surface area contributed by atoms with Crippen LogP contribution < -0.4 is 10.5 Å². The number of rotatable bonds is 4. The highest BCUT2D eigenvalue weighted by Gasteiger charge is 2.11. The molecule has 21 heavy (non-hydrogen) atoms. The van der Waals surface area contributed by atoms with Crippen molar-refractivity contribution in [1.29, 1.82) is 0 Å². The summed E-state index contributed by atoms with van der Waals surface area (Å²) in [7, 11) is 0. The van der Waals surface area contributed by atoms with Gasteiger partial charge in [0.25, 0.3) is 0 Å². The fraction of sp³-hybridized carbons (Fsp3) is 0.286. The second-order valence-corrected chi connectivity index (χ2v) is 6.57. The predicted octanol–water partition coefficient (Wildman–Crippen LogP) is 3.97. The number of hydrogen-bond donors (Lipinski definition) is 1. The molecule has 0 saturated heterocycles.